The van der Waals surface area contributed by atoms with E-state index < -0.39 is 0 Å². The summed E-state index contributed by atoms with van der Waals surface area (Å²) in [5.74, 6) is 0.181. The molecule has 1 aliphatic rings. The lowest BCUT2D eigenvalue weighted by Gasteiger charge is -2.25. The maximum Gasteiger partial charge on any atom is 0.223 e. The van der Waals surface area contributed by atoms with Gasteiger partial charge in [0.25, 0.3) is 0 Å². The number of carbonyl (C=O) groups excluding carboxylic acids is 2. The van der Waals surface area contributed by atoms with Gasteiger partial charge in [0.2, 0.25) is 5.91 Å². The standard InChI is InChI=1S/C20H23NO2S/c1-14-13-17(15(2)24-14)19(22)10-11-20(23)21-12-6-9-18(21)16-7-4-3-5-8-16/h3-5,7-8,13,18H,6,9-12H2,1-2H3/t18-/m0/s1. The smallest absolute Gasteiger partial charge is 0.223 e. The number of carbonyl (C=O) groups is 2. The van der Waals surface area contributed by atoms with Crippen molar-refractivity contribution in [2.75, 3.05) is 6.54 Å². The highest BCUT2D eigenvalue weighted by molar-refractivity contribution is 7.12. The molecule has 0 radical (unpaired) electrons. The van der Waals surface area contributed by atoms with Crippen LogP contribution in [0.3, 0.4) is 0 Å². The molecule has 3 rings (SSSR count). The topological polar surface area (TPSA) is 37.4 Å². The van der Waals surface area contributed by atoms with E-state index in [1.165, 1.54) is 5.56 Å². The molecule has 24 heavy (non-hydrogen) atoms. The van der Waals surface area contributed by atoms with Crippen molar-refractivity contribution >= 4 is 23.0 Å². The zero-order valence-electron chi connectivity index (χ0n) is 14.2. The fraction of sp³-hybridized carbons (Fsp3) is 0.400. The van der Waals surface area contributed by atoms with E-state index in [-0.39, 0.29) is 17.7 Å². The third-order valence-electron chi connectivity index (χ3n) is 4.66. The lowest BCUT2D eigenvalue weighted by atomic mass is 10.0. The molecule has 4 heteroatoms. The van der Waals surface area contributed by atoms with Gasteiger partial charge in [-0.15, -0.1) is 11.3 Å². The molecule has 0 bridgehead atoms. The summed E-state index contributed by atoms with van der Waals surface area (Å²) in [6, 6.07) is 12.3. The predicted octanol–water partition coefficient (Wildman–Crippen LogP) is 4.69. The van der Waals surface area contributed by atoms with E-state index in [0.29, 0.717) is 12.8 Å². The van der Waals surface area contributed by atoms with Gasteiger partial charge >= 0.3 is 0 Å². The first-order valence-electron chi connectivity index (χ1n) is 8.51. The normalized spacial score (nSPS) is 17.2. The Hall–Kier alpha value is -1.94. The van der Waals surface area contributed by atoms with Crippen LogP contribution in [0.5, 0.6) is 0 Å². The van der Waals surface area contributed by atoms with Crippen molar-refractivity contribution < 1.29 is 9.59 Å². The number of Topliss-reactive ketones (excluding diaryl/α,β-unsaturated/α-hetero) is 1. The van der Waals surface area contributed by atoms with Crippen LogP contribution in [0.1, 0.15) is 57.4 Å². The fourth-order valence-corrected chi connectivity index (χ4v) is 4.44. The first kappa shape index (κ1) is 16.9. The molecule has 0 aliphatic carbocycles. The first-order chi connectivity index (χ1) is 11.6. The molecule has 1 aromatic heterocycles. The molecule has 0 saturated carbocycles. The summed E-state index contributed by atoms with van der Waals surface area (Å²) >= 11 is 1.64. The Morgan fingerprint density at radius 2 is 1.92 bits per heavy atom. The Labute approximate surface area is 147 Å². The molecule has 2 heterocycles. The Morgan fingerprint density at radius 3 is 2.58 bits per heavy atom. The third kappa shape index (κ3) is 3.59. The van der Waals surface area contributed by atoms with E-state index in [0.717, 1.165) is 34.7 Å². The van der Waals surface area contributed by atoms with Crippen LogP contribution >= 0.6 is 11.3 Å². The van der Waals surface area contributed by atoms with Crippen LogP contribution in [0.15, 0.2) is 36.4 Å². The van der Waals surface area contributed by atoms with Crippen molar-refractivity contribution in [1.29, 1.82) is 0 Å². The van der Waals surface area contributed by atoms with Crippen LogP contribution in [-0.4, -0.2) is 23.1 Å². The van der Waals surface area contributed by atoms with Crippen molar-refractivity contribution in [3.8, 4) is 0 Å². The summed E-state index contributed by atoms with van der Waals surface area (Å²) in [6.45, 7) is 4.77. The molecule has 3 nitrogen and oxygen atoms in total. The minimum Gasteiger partial charge on any atom is -0.336 e. The second-order valence-electron chi connectivity index (χ2n) is 6.41. The molecule has 1 fully saturated rings. The number of hydrogen-bond acceptors (Lipinski definition) is 3. The monoisotopic (exact) mass is 341 g/mol. The van der Waals surface area contributed by atoms with Crippen LogP contribution in [0.25, 0.3) is 0 Å². The highest BCUT2D eigenvalue weighted by Crippen LogP contribution is 2.32. The highest BCUT2D eigenvalue weighted by Gasteiger charge is 2.29. The number of thiophene rings is 1. The SMILES string of the molecule is Cc1cc(C(=O)CCC(=O)N2CCC[C@H]2c2ccccc2)c(C)s1. The lowest BCUT2D eigenvalue weighted by Crippen LogP contribution is -2.30. The predicted molar refractivity (Wildman–Crippen MR) is 97.5 cm³/mol. The van der Waals surface area contributed by atoms with E-state index in [4.69, 9.17) is 0 Å². The van der Waals surface area contributed by atoms with Gasteiger partial charge in [-0.25, -0.2) is 0 Å². The third-order valence-corrected chi connectivity index (χ3v) is 5.63. The summed E-state index contributed by atoms with van der Waals surface area (Å²) in [4.78, 5) is 29.2. The molecule has 1 aliphatic heterocycles. The second-order valence-corrected chi connectivity index (χ2v) is 7.87. The average molecular weight is 341 g/mol. The van der Waals surface area contributed by atoms with Gasteiger partial charge in [-0.2, -0.15) is 0 Å². The van der Waals surface area contributed by atoms with Gasteiger partial charge < -0.3 is 4.90 Å². The molecule has 1 aromatic carbocycles. The molecule has 0 spiro atoms. The van der Waals surface area contributed by atoms with Gasteiger partial charge in [0.1, 0.15) is 0 Å². The number of nitrogens with zero attached hydrogens (tertiary/aromatic N) is 1. The van der Waals surface area contributed by atoms with Crippen molar-refractivity contribution in [3.63, 3.8) is 0 Å². The van der Waals surface area contributed by atoms with E-state index in [1.807, 2.05) is 43.0 Å². The summed E-state index contributed by atoms with van der Waals surface area (Å²) in [5, 5.41) is 0. The lowest BCUT2D eigenvalue weighted by molar-refractivity contribution is -0.132. The minimum atomic E-state index is 0.0839. The van der Waals surface area contributed by atoms with Crippen LogP contribution in [0, 0.1) is 13.8 Å². The van der Waals surface area contributed by atoms with Crippen molar-refractivity contribution in [1.82, 2.24) is 4.90 Å². The average Bonchev–Trinajstić information content (AvgIpc) is 3.19. The molecule has 1 saturated heterocycles. The number of likely N-dealkylation sites (tertiary alicyclic amines) is 1. The Kier molecular flexibility index (Phi) is 5.14. The van der Waals surface area contributed by atoms with Gasteiger partial charge in [-0.1, -0.05) is 30.3 Å². The molecule has 126 valence electrons. The van der Waals surface area contributed by atoms with Gasteiger partial charge in [-0.05, 0) is 38.3 Å². The van der Waals surface area contributed by atoms with Crippen LogP contribution in [-0.2, 0) is 4.79 Å². The van der Waals surface area contributed by atoms with Crippen molar-refractivity contribution in [3.05, 3.63) is 57.3 Å². The molecule has 0 N–H and O–H groups in total. The zero-order valence-corrected chi connectivity index (χ0v) is 15.1. The number of benzene rings is 1. The molecule has 1 amide bonds. The summed E-state index contributed by atoms with van der Waals surface area (Å²) in [6.07, 6.45) is 2.64. The van der Waals surface area contributed by atoms with Crippen molar-refractivity contribution in [2.24, 2.45) is 0 Å². The van der Waals surface area contributed by atoms with E-state index >= 15 is 0 Å². The second kappa shape index (κ2) is 7.31. The van der Waals surface area contributed by atoms with Gasteiger partial charge in [-0.3, -0.25) is 9.59 Å². The molecular formula is C20H23NO2S. The van der Waals surface area contributed by atoms with Crippen LogP contribution < -0.4 is 0 Å². The zero-order chi connectivity index (χ0) is 17.1. The molecule has 2 aromatic rings. The first-order valence-corrected chi connectivity index (χ1v) is 9.32. The van der Waals surface area contributed by atoms with Gasteiger partial charge in [0.15, 0.2) is 5.78 Å². The van der Waals surface area contributed by atoms with E-state index in [2.05, 4.69) is 12.1 Å². The fourth-order valence-electron chi connectivity index (χ4n) is 3.49. The van der Waals surface area contributed by atoms with Crippen molar-refractivity contribution in [2.45, 2.75) is 45.6 Å². The van der Waals surface area contributed by atoms with E-state index in [1.54, 1.807) is 11.3 Å². The quantitative estimate of drug-likeness (QED) is 0.740. The maximum atomic E-state index is 12.6. The maximum absolute atomic E-state index is 12.6. The van der Waals surface area contributed by atoms with Gasteiger partial charge in [0.05, 0.1) is 6.04 Å². The van der Waals surface area contributed by atoms with E-state index in [9.17, 15) is 9.59 Å². The minimum absolute atomic E-state index is 0.0839. The molecule has 0 unspecified atom stereocenters. The number of hydrogen-bond donors (Lipinski definition) is 0. The van der Waals surface area contributed by atoms with Gasteiger partial charge in [0, 0.05) is 34.7 Å². The number of amides is 1. The highest BCUT2D eigenvalue weighted by atomic mass is 32.1. The summed E-state index contributed by atoms with van der Waals surface area (Å²) in [5.41, 5.74) is 1.98. The summed E-state index contributed by atoms with van der Waals surface area (Å²) in [7, 11) is 0. The molecule has 1 atom stereocenters. The summed E-state index contributed by atoms with van der Waals surface area (Å²) < 4.78 is 0. The number of aryl methyl sites for hydroxylation is 2. The molecular weight excluding hydrogens is 318 g/mol. The Morgan fingerprint density at radius 1 is 1.17 bits per heavy atom. The Bertz CT molecular complexity index is 735. The van der Waals surface area contributed by atoms with Crippen LogP contribution in [0.4, 0.5) is 0 Å². The van der Waals surface area contributed by atoms with Crippen LogP contribution in [0.2, 0.25) is 0 Å². The Balaban J connectivity index is 1.62. The number of ketones is 1. The largest absolute Gasteiger partial charge is 0.336 e. The number of rotatable bonds is 5.